The highest BCUT2D eigenvalue weighted by molar-refractivity contribution is 5.08. The summed E-state index contributed by atoms with van der Waals surface area (Å²) in [5.74, 6) is 2.14. The lowest BCUT2D eigenvalue weighted by Crippen LogP contribution is -2.04. The molecule has 0 aliphatic rings. The van der Waals surface area contributed by atoms with Gasteiger partial charge in [-0.1, -0.05) is 69.9 Å². The molecule has 0 aliphatic carbocycles. The van der Waals surface area contributed by atoms with Crippen LogP contribution in [0.2, 0.25) is 0 Å². The molecule has 0 saturated heterocycles. The molecule has 140 valence electrons. The van der Waals surface area contributed by atoms with Crippen molar-refractivity contribution in [1.29, 1.82) is 0 Å². The van der Waals surface area contributed by atoms with E-state index in [0.29, 0.717) is 11.8 Å². The second-order valence-corrected chi connectivity index (χ2v) is 8.15. The maximum absolute atomic E-state index is 3.94. The summed E-state index contributed by atoms with van der Waals surface area (Å²) in [5.41, 5.74) is 3.18. The van der Waals surface area contributed by atoms with Crippen molar-refractivity contribution in [2.75, 3.05) is 0 Å². The highest BCUT2D eigenvalue weighted by Crippen LogP contribution is 2.26. The number of hydrogen-bond acceptors (Lipinski definition) is 0. The fourth-order valence-corrected chi connectivity index (χ4v) is 3.02. The van der Waals surface area contributed by atoms with Crippen LogP contribution in [0, 0.1) is 17.8 Å². The highest BCUT2D eigenvalue weighted by Gasteiger charge is 2.11. The van der Waals surface area contributed by atoms with Gasteiger partial charge >= 0.3 is 0 Å². The van der Waals surface area contributed by atoms with Gasteiger partial charge in [-0.2, -0.15) is 0 Å². The minimum atomic E-state index is 0.630. The molecule has 0 fully saturated rings. The molecule has 0 heterocycles. The van der Waals surface area contributed by atoms with E-state index in [9.17, 15) is 0 Å². The lowest BCUT2D eigenvalue weighted by atomic mass is 9.87. The van der Waals surface area contributed by atoms with Gasteiger partial charge in [0.2, 0.25) is 0 Å². The number of rotatable bonds is 14. The Kier molecular flexibility index (Phi) is 14.1. The second-order valence-electron chi connectivity index (χ2n) is 8.15. The molecular weight excluding hydrogens is 288 g/mol. The van der Waals surface area contributed by atoms with Crippen LogP contribution in [0.5, 0.6) is 0 Å². The maximum atomic E-state index is 3.94. The van der Waals surface area contributed by atoms with E-state index in [-0.39, 0.29) is 0 Å². The molecule has 0 aromatic heterocycles. The Morgan fingerprint density at radius 2 is 1.67 bits per heavy atom. The van der Waals surface area contributed by atoms with Gasteiger partial charge in [0, 0.05) is 0 Å². The van der Waals surface area contributed by atoms with Crippen LogP contribution in [0.1, 0.15) is 99.3 Å². The quantitative estimate of drug-likeness (QED) is 0.221. The Hall–Kier alpha value is -0.780. The molecule has 0 unspecified atom stereocenters. The van der Waals surface area contributed by atoms with Gasteiger partial charge in [0.25, 0.3) is 0 Å². The van der Waals surface area contributed by atoms with E-state index in [4.69, 9.17) is 0 Å². The van der Waals surface area contributed by atoms with Crippen LogP contribution in [0.15, 0.2) is 36.0 Å². The van der Waals surface area contributed by atoms with Crippen molar-refractivity contribution >= 4 is 0 Å². The van der Waals surface area contributed by atoms with Crippen LogP contribution in [-0.2, 0) is 0 Å². The molecular formula is C24H44. The molecule has 0 aromatic rings. The lowest BCUT2D eigenvalue weighted by Gasteiger charge is -2.19. The van der Waals surface area contributed by atoms with Crippen LogP contribution in [-0.4, -0.2) is 0 Å². The Bertz CT molecular complexity index is 369. The number of allylic oxidation sites excluding steroid dienone is 5. The molecule has 0 heteroatoms. The van der Waals surface area contributed by atoms with Crippen molar-refractivity contribution in [3.63, 3.8) is 0 Å². The Balaban J connectivity index is 4.66. The summed E-state index contributed by atoms with van der Waals surface area (Å²) in [6, 6.07) is 0. The first-order chi connectivity index (χ1) is 11.4. The van der Waals surface area contributed by atoms with Crippen molar-refractivity contribution in [2.45, 2.75) is 99.3 Å². The van der Waals surface area contributed by atoms with Crippen molar-refractivity contribution < 1.29 is 0 Å². The SMILES string of the molecule is C=C[C@H](C)CC[C@H](C/C=C(\C)CCCCC)/C(C)=C/CCC(C)C. The third-order valence-electron chi connectivity index (χ3n) is 5.15. The third kappa shape index (κ3) is 12.6. The van der Waals surface area contributed by atoms with Gasteiger partial charge in [-0.25, -0.2) is 0 Å². The van der Waals surface area contributed by atoms with Gasteiger partial charge in [-0.05, 0) is 76.5 Å². The predicted octanol–water partition coefficient (Wildman–Crippen LogP) is 8.50. The van der Waals surface area contributed by atoms with Crippen LogP contribution in [0.25, 0.3) is 0 Å². The van der Waals surface area contributed by atoms with Gasteiger partial charge in [0.05, 0.1) is 0 Å². The summed E-state index contributed by atoms with van der Waals surface area (Å²) in [6.45, 7) is 17.8. The van der Waals surface area contributed by atoms with Crippen molar-refractivity contribution in [2.24, 2.45) is 17.8 Å². The normalized spacial score (nSPS) is 15.6. The predicted molar refractivity (Wildman–Crippen MR) is 112 cm³/mol. The van der Waals surface area contributed by atoms with Crippen LogP contribution >= 0.6 is 0 Å². The van der Waals surface area contributed by atoms with Gasteiger partial charge in [0.1, 0.15) is 0 Å². The molecule has 0 radical (unpaired) electrons. The van der Waals surface area contributed by atoms with E-state index >= 15 is 0 Å². The molecule has 0 aromatic carbocycles. The summed E-state index contributed by atoms with van der Waals surface area (Å²) in [4.78, 5) is 0. The van der Waals surface area contributed by atoms with E-state index in [1.54, 1.807) is 11.1 Å². The average Bonchev–Trinajstić information content (AvgIpc) is 2.54. The molecule has 0 N–H and O–H groups in total. The lowest BCUT2D eigenvalue weighted by molar-refractivity contribution is 0.489. The third-order valence-corrected chi connectivity index (χ3v) is 5.15. The summed E-state index contributed by atoms with van der Waals surface area (Å²) >= 11 is 0. The van der Waals surface area contributed by atoms with Gasteiger partial charge in [0.15, 0.2) is 0 Å². The summed E-state index contributed by atoms with van der Waals surface area (Å²) in [6.07, 6.45) is 18.7. The first-order valence-corrected chi connectivity index (χ1v) is 10.3. The van der Waals surface area contributed by atoms with Crippen LogP contribution < -0.4 is 0 Å². The van der Waals surface area contributed by atoms with Crippen molar-refractivity contribution in [1.82, 2.24) is 0 Å². The molecule has 0 bridgehead atoms. The molecule has 2 atom stereocenters. The monoisotopic (exact) mass is 332 g/mol. The average molecular weight is 333 g/mol. The number of hydrogen-bond donors (Lipinski definition) is 0. The summed E-state index contributed by atoms with van der Waals surface area (Å²) in [5, 5.41) is 0. The topological polar surface area (TPSA) is 0 Å². The highest BCUT2D eigenvalue weighted by atomic mass is 14.2. The zero-order chi connectivity index (χ0) is 18.4. The Labute approximate surface area is 153 Å². The fourth-order valence-electron chi connectivity index (χ4n) is 3.02. The van der Waals surface area contributed by atoms with E-state index in [0.717, 1.165) is 5.92 Å². The van der Waals surface area contributed by atoms with E-state index < -0.39 is 0 Å². The maximum Gasteiger partial charge on any atom is -0.0171 e. The van der Waals surface area contributed by atoms with E-state index in [1.807, 2.05) is 0 Å². The Morgan fingerprint density at radius 3 is 2.25 bits per heavy atom. The van der Waals surface area contributed by atoms with Gasteiger partial charge in [-0.3, -0.25) is 0 Å². The Morgan fingerprint density at radius 1 is 0.958 bits per heavy atom. The largest absolute Gasteiger partial charge is 0.103 e. The van der Waals surface area contributed by atoms with Crippen molar-refractivity contribution in [3.8, 4) is 0 Å². The number of unbranched alkanes of at least 4 members (excludes halogenated alkanes) is 2. The minimum Gasteiger partial charge on any atom is -0.103 e. The first kappa shape index (κ1) is 23.2. The van der Waals surface area contributed by atoms with E-state index in [2.05, 4.69) is 66.3 Å². The van der Waals surface area contributed by atoms with Crippen molar-refractivity contribution in [3.05, 3.63) is 36.0 Å². The van der Waals surface area contributed by atoms with Gasteiger partial charge < -0.3 is 0 Å². The van der Waals surface area contributed by atoms with Crippen LogP contribution in [0.3, 0.4) is 0 Å². The zero-order valence-electron chi connectivity index (χ0n) is 17.5. The molecule has 0 amide bonds. The zero-order valence-corrected chi connectivity index (χ0v) is 17.5. The summed E-state index contributed by atoms with van der Waals surface area (Å²) in [7, 11) is 0. The molecule has 0 saturated carbocycles. The molecule has 0 rings (SSSR count). The first-order valence-electron chi connectivity index (χ1n) is 10.3. The minimum absolute atomic E-state index is 0.630. The molecule has 0 aliphatic heterocycles. The van der Waals surface area contributed by atoms with Gasteiger partial charge in [-0.15, -0.1) is 6.58 Å². The van der Waals surface area contributed by atoms with E-state index in [1.165, 1.54) is 57.8 Å². The van der Waals surface area contributed by atoms with Crippen LogP contribution in [0.4, 0.5) is 0 Å². The standard InChI is InChI=1S/C24H44/c1-8-10-11-14-22(6)17-19-24(18-16-21(5)9-2)23(7)15-12-13-20(3)4/h9,15,17,20-21,24H,2,8,10-14,16,18-19H2,1,3-7H3/b22-17+,23-15+/t21-,24+/m0/s1. The summed E-state index contributed by atoms with van der Waals surface area (Å²) < 4.78 is 0. The fraction of sp³-hybridized carbons (Fsp3) is 0.750. The smallest absolute Gasteiger partial charge is 0.0171 e. The molecule has 24 heavy (non-hydrogen) atoms. The second kappa shape index (κ2) is 14.6. The molecule has 0 spiro atoms. The molecule has 0 nitrogen and oxygen atoms in total.